The van der Waals surface area contributed by atoms with Crippen LogP contribution in [0.4, 0.5) is 5.69 Å². The number of para-hydroxylation sites is 1. The van der Waals surface area contributed by atoms with Gasteiger partial charge in [0.1, 0.15) is 0 Å². The molecule has 5 nitrogen and oxygen atoms in total. The average Bonchev–Trinajstić information content (AvgIpc) is 2.70. The SMILES string of the molecule is C=CCN1C(=O)C(O)(C(=C)C(=O)OCC)c2ccccc21. The first kappa shape index (κ1) is 15.0. The molecule has 0 saturated heterocycles. The molecule has 0 spiro atoms. The van der Waals surface area contributed by atoms with Crippen LogP contribution in [0.3, 0.4) is 0 Å². The molecule has 0 aliphatic carbocycles. The molecule has 2 rings (SSSR count). The Bertz CT molecular complexity index is 622. The molecule has 1 unspecified atom stereocenters. The third-order valence-electron chi connectivity index (χ3n) is 3.41. The van der Waals surface area contributed by atoms with Crippen LogP contribution in [0.2, 0.25) is 0 Å². The third-order valence-corrected chi connectivity index (χ3v) is 3.41. The summed E-state index contributed by atoms with van der Waals surface area (Å²) in [5, 5.41) is 10.8. The van der Waals surface area contributed by atoms with Crippen molar-refractivity contribution in [3.63, 3.8) is 0 Å². The Labute approximate surface area is 123 Å². The second kappa shape index (κ2) is 5.54. The second-order valence-corrected chi connectivity index (χ2v) is 4.63. The van der Waals surface area contributed by atoms with Crippen LogP contribution >= 0.6 is 0 Å². The van der Waals surface area contributed by atoms with Crippen LogP contribution in [0.25, 0.3) is 0 Å². The number of ether oxygens (including phenoxy) is 1. The lowest BCUT2D eigenvalue weighted by atomic mass is 9.88. The Morgan fingerprint density at radius 3 is 2.76 bits per heavy atom. The molecular formula is C16H17NO4. The van der Waals surface area contributed by atoms with E-state index in [-0.39, 0.29) is 18.7 Å². The van der Waals surface area contributed by atoms with Gasteiger partial charge in [0.25, 0.3) is 5.91 Å². The molecule has 1 N–H and O–H groups in total. The number of carbonyl (C=O) groups is 2. The van der Waals surface area contributed by atoms with Gasteiger partial charge in [-0.1, -0.05) is 30.9 Å². The van der Waals surface area contributed by atoms with Crippen molar-refractivity contribution in [2.75, 3.05) is 18.1 Å². The number of aliphatic hydroxyl groups is 1. The van der Waals surface area contributed by atoms with Gasteiger partial charge >= 0.3 is 5.97 Å². The maximum atomic E-state index is 12.6. The van der Waals surface area contributed by atoms with Crippen molar-refractivity contribution in [1.29, 1.82) is 0 Å². The first-order valence-corrected chi connectivity index (χ1v) is 6.59. The molecule has 0 bridgehead atoms. The first-order chi connectivity index (χ1) is 9.98. The van der Waals surface area contributed by atoms with E-state index in [1.54, 1.807) is 37.3 Å². The van der Waals surface area contributed by atoms with Gasteiger partial charge < -0.3 is 14.7 Å². The van der Waals surface area contributed by atoms with Crippen molar-refractivity contribution in [1.82, 2.24) is 0 Å². The fourth-order valence-electron chi connectivity index (χ4n) is 2.40. The van der Waals surface area contributed by atoms with Crippen LogP contribution in [0, 0.1) is 0 Å². The number of benzene rings is 1. The molecule has 1 amide bonds. The third kappa shape index (κ3) is 2.15. The van der Waals surface area contributed by atoms with Crippen LogP contribution in [0.1, 0.15) is 12.5 Å². The Balaban J connectivity index is 2.53. The molecule has 1 aromatic carbocycles. The van der Waals surface area contributed by atoms with Crippen LogP contribution < -0.4 is 4.90 Å². The maximum absolute atomic E-state index is 12.6. The molecule has 0 fully saturated rings. The zero-order valence-corrected chi connectivity index (χ0v) is 11.8. The number of nitrogens with zero attached hydrogens (tertiary/aromatic N) is 1. The highest BCUT2D eigenvalue weighted by molar-refractivity contribution is 6.13. The van der Waals surface area contributed by atoms with E-state index < -0.39 is 17.5 Å². The largest absolute Gasteiger partial charge is 0.463 e. The number of carbonyl (C=O) groups excluding carboxylic acids is 2. The van der Waals surface area contributed by atoms with Crippen molar-refractivity contribution in [3.05, 3.63) is 54.6 Å². The molecule has 1 aliphatic heterocycles. The number of hydrogen-bond acceptors (Lipinski definition) is 4. The summed E-state index contributed by atoms with van der Waals surface area (Å²) in [5.74, 6) is -1.41. The Morgan fingerprint density at radius 1 is 1.48 bits per heavy atom. The molecule has 1 aliphatic rings. The normalized spacial score (nSPS) is 20.1. The van der Waals surface area contributed by atoms with Gasteiger partial charge in [-0.2, -0.15) is 0 Å². The summed E-state index contributed by atoms with van der Waals surface area (Å²) in [4.78, 5) is 25.8. The highest BCUT2D eigenvalue weighted by atomic mass is 16.5. The van der Waals surface area contributed by atoms with Crippen LogP contribution in [-0.2, 0) is 19.9 Å². The van der Waals surface area contributed by atoms with E-state index in [1.807, 2.05) is 0 Å². The smallest absolute Gasteiger partial charge is 0.337 e. The molecule has 21 heavy (non-hydrogen) atoms. The lowest BCUT2D eigenvalue weighted by molar-refractivity contribution is -0.145. The van der Waals surface area contributed by atoms with Gasteiger partial charge in [-0.3, -0.25) is 4.79 Å². The fourth-order valence-corrected chi connectivity index (χ4v) is 2.40. The molecule has 0 aromatic heterocycles. The number of esters is 1. The summed E-state index contributed by atoms with van der Waals surface area (Å²) < 4.78 is 4.85. The quantitative estimate of drug-likeness (QED) is 0.506. The highest BCUT2D eigenvalue weighted by Crippen LogP contribution is 2.44. The Hall–Kier alpha value is -2.40. The van der Waals surface area contributed by atoms with Gasteiger partial charge in [-0.05, 0) is 13.0 Å². The summed E-state index contributed by atoms with van der Waals surface area (Å²) in [6.07, 6.45) is 1.55. The summed E-state index contributed by atoms with van der Waals surface area (Å²) in [6, 6.07) is 6.74. The van der Waals surface area contributed by atoms with E-state index in [9.17, 15) is 14.7 Å². The lowest BCUT2D eigenvalue weighted by Gasteiger charge is -2.23. The van der Waals surface area contributed by atoms with Gasteiger partial charge in [0.05, 0.1) is 17.9 Å². The van der Waals surface area contributed by atoms with E-state index >= 15 is 0 Å². The second-order valence-electron chi connectivity index (χ2n) is 4.63. The molecule has 0 saturated carbocycles. The van der Waals surface area contributed by atoms with E-state index in [4.69, 9.17) is 4.74 Å². The first-order valence-electron chi connectivity index (χ1n) is 6.59. The highest BCUT2D eigenvalue weighted by Gasteiger charge is 2.53. The number of amides is 1. The van der Waals surface area contributed by atoms with Gasteiger partial charge in [0, 0.05) is 12.1 Å². The minimum absolute atomic E-state index is 0.139. The summed E-state index contributed by atoms with van der Waals surface area (Å²) >= 11 is 0. The minimum Gasteiger partial charge on any atom is -0.463 e. The fraction of sp³-hybridized carbons (Fsp3) is 0.250. The van der Waals surface area contributed by atoms with Crippen molar-refractivity contribution in [2.24, 2.45) is 0 Å². The number of rotatable bonds is 5. The zero-order chi connectivity index (χ0) is 15.6. The monoisotopic (exact) mass is 287 g/mol. The minimum atomic E-state index is -2.09. The predicted octanol–water partition coefficient (Wildman–Crippen LogP) is 1.53. The Morgan fingerprint density at radius 2 is 2.14 bits per heavy atom. The number of fused-ring (bicyclic) bond motifs is 1. The van der Waals surface area contributed by atoms with Crippen LogP contribution in [0.15, 0.2) is 49.1 Å². The van der Waals surface area contributed by atoms with Gasteiger partial charge in [-0.15, -0.1) is 6.58 Å². The van der Waals surface area contributed by atoms with E-state index in [1.165, 1.54) is 4.90 Å². The van der Waals surface area contributed by atoms with E-state index in [0.717, 1.165) is 0 Å². The number of hydrogen-bond donors (Lipinski definition) is 1. The Kier molecular flexibility index (Phi) is 3.95. The summed E-state index contributed by atoms with van der Waals surface area (Å²) in [6.45, 7) is 9.18. The zero-order valence-electron chi connectivity index (χ0n) is 11.8. The maximum Gasteiger partial charge on any atom is 0.337 e. The van der Waals surface area contributed by atoms with Crippen LogP contribution in [0.5, 0.6) is 0 Å². The molecular weight excluding hydrogens is 270 g/mol. The van der Waals surface area contributed by atoms with E-state index in [2.05, 4.69) is 13.2 Å². The van der Waals surface area contributed by atoms with Crippen molar-refractivity contribution in [2.45, 2.75) is 12.5 Å². The topological polar surface area (TPSA) is 66.8 Å². The average molecular weight is 287 g/mol. The lowest BCUT2D eigenvalue weighted by Crippen LogP contribution is -2.43. The summed E-state index contributed by atoms with van der Waals surface area (Å²) in [5.41, 5.74) is -1.51. The molecule has 1 heterocycles. The molecule has 110 valence electrons. The van der Waals surface area contributed by atoms with Crippen molar-refractivity contribution < 1.29 is 19.4 Å². The molecule has 1 aromatic rings. The van der Waals surface area contributed by atoms with Crippen molar-refractivity contribution in [3.8, 4) is 0 Å². The molecule has 0 radical (unpaired) electrons. The van der Waals surface area contributed by atoms with Gasteiger partial charge in [0.15, 0.2) is 0 Å². The predicted molar refractivity (Wildman–Crippen MR) is 78.7 cm³/mol. The van der Waals surface area contributed by atoms with Crippen molar-refractivity contribution >= 4 is 17.6 Å². The van der Waals surface area contributed by atoms with Gasteiger partial charge in [-0.25, -0.2) is 4.79 Å². The van der Waals surface area contributed by atoms with Gasteiger partial charge in [0.2, 0.25) is 5.60 Å². The molecule has 1 atom stereocenters. The standard InChI is InChI=1S/C16H17NO4/c1-4-10-17-13-9-7-6-8-12(13)16(20,15(17)19)11(3)14(18)21-5-2/h4,6-9,20H,1,3,5,10H2,2H3. The van der Waals surface area contributed by atoms with E-state index in [0.29, 0.717) is 11.3 Å². The number of anilines is 1. The summed E-state index contributed by atoms with van der Waals surface area (Å²) in [7, 11) is 0. The molecule has 5 heteroatoms. The van der Waals surface area contributed by atoms with Crippen LogP contribution in [-0.4, -0.2) is 30.1 Å².